The molecule has 1 aliphatic carbocycles. The molecule has 9 nitrogen and oxygen atoms in total. The second-order valence-corrected chi connectivity index (χ2v) is 7.76. The Balaban J connectivity index is 1.53. The Hall–Kier alpha value is -4.45. The summed E-state index contributed by atoms with van der Waals surface area (Å²) in [7, 11) is 0. The van der Waals surface area contributed by atoms with Gasteiger partial charge in [0.25, 0.3) is 0 Å². The largest absolute Gasteiger partial charge is 0.442 e. The Morgan fingerprint density at radius 2 is 1.91 bits per heavy atom. The first-order valence-corrected chi connectivity index (χ1v) is 10.7. The average molecular weight is 440 g/mol. The minimum atomic E-state index is -0.760. The molecular formula is C24H20N6O3. The van der Waals surface area contributed by atoms with Crippen molar-refractivity contribution in [2.24, 2.45) is 0 Å². The van der Waals surface area contributed by atoms with Crippen molar-refractivity contribution in [1.29, 1.82) is 5.26 Å². The summed E-state index contributed by atoms with van der Waals surface area (Å²) in [5.74, 6) is -0.650. The van der Waals surface area contributed by atoms with Crippen molar-refractivity contribution in [2.45, 2.75) is 32.2 Å². The number of nitrogens with one attached hydrogen (secondary N) is 1. The van der Waals surface area contributed by atoms with Crippen LogP contribution in [-0.4, -0.2) is 25.2 Å². The molecule has 1 aliphatic rings. The first-order chi connectivity index (χ1) is 16.2. The van der Waals surface area contributed by atoms with E-state index >= 15 is 0 Å². The molecule has 5 rings (SSSR count). The molecule has 0 fully saturated rings. The number of nitrogens with zero attached hydrogens (tertiary/aromatic N) is 5. The molecule has 0 unspecified atom stereocenters. The SMILES string of the molecule is N#Cc1c2c(n(-c3ccccc3)c1NC(=O)Cn1c(-c3ccccn3)noc1=O)CCCC2. The number of hydrogen-bond acceptors (Lipinski definition) is 6. The van der Waals surface area contributed by atoms with Crippen molar-refractivity contribution in [3.05, 3.63) is 82.1 Å². The summed E-state index contributed by atoms with van der Waals surface area (Å²) in [5.41, 5.74) is 3.75. The molecule has 0 bridgehead atoms. The molecule has 0 spiro atoms. The zero-order valence-corrected chi connectivity index (χ0v) is 17.7. The molecule has 9 heteroatoms. The van der Waals surface area contributed by atoms with Gasteiger partial charge < -0.3 is 5.32 Å². The zero-order chi connectivity index (χ0) is 22.8. The minimum Gasteiger partial charge on any atom is -0.309 e. The molecule has 4 aromatic rings. The van der Waals surface area contributed by atoms with Gasteiger partial charge in [0.1, 0.15) is 24.1 Å². The van der Waals surface area contributed by atoms with E-state index < -0.39 is 11.7 Å². The van der Waals surface area contributed by atoms with E-state index in [0.717, 1.165) is 47.2 Å². The van der Waals surface area contributed by atoms with E-state index in [9.17, 15) is 14.9 Å². The molecule has 0 aliphatic heterocycles. The predicted octanol–water partition coefficient (Wildman–Crippen LogP) is 3.08. The third kappa shape index (κ3) is 3.72. The Labute approximate surface area is 188 Å². The molecular weight excluding hydrogens is 420 g/mol. The lowest BCUT2D eigenvalue weighted by Gasteiger charge is -2.17. The number of amides is 1. The lowest BCUT2D eigenvalue weighted by Crippen LogP contribution is -2.26. The quantitative estimate of drug-likeness (QED) is 0.509. The van der Waals surface area contributed by atoms with Gasteiger partial charge in [-0.25, -0.2) is 9.36 Å². The van der Waals surface area contributed by atoms with E-state index in [-0.39, 0.29) is 12.4 Å². The van der Waals surface area contributed by atoms with Crippen LogP contribution in [0.4, 0.5) is 5.82 Å². The van der Waals surface area contributed by atoms with Gasteiger partial charge in [-0.3, -0.25) is 18.9 Å². The Bertz CT molecular complexity index is 1410. The monoisotopic (exact) mass is 440 g/mol. The topological polar surface area (TPSA) is 119 Å². The van der Waals surface area contributed by atoms with Gasteiger partial charge in [0.05, 0.1) is 5.56 Å². The highest BCUT2D eigenvalue weighted by Gasteiger charge is 2.27. The van der Waals surface area contributed by atoms with Crippen LogP contribution in [0.3, 0.4) is 0 Å². The van der Waals surface area contributed by atoms with Crippen LogP contribution in [0.5, 0.6) is 0 Å². The van der Waals surface area contributed by atoms with Gasteiger partial charge in [0.15, 0.2) is 0 Å². The fourth-order valence-electron chi connectivity index (χ4n) is 4.30. The molecule has 3 aromatic heterocycles. The molecule has 1 aromatic carbocycles. The standard InChI is InChI=1S/C24H20N6O3/c25-14-18-17-10-4-5-12-20(17)30(16-8-2-1-3-9-16)22(18)27-21(31)15-29-23(28-33-24(29)32)19-11-6-7-13-26-19/h1-3,6-9,11,13H,4-5,10,12,15H2,(H,27,31). The first kappa shape index (κ1) is 20.5. The van der Waals surface area contributed by atoms with Gasteiger partial charge in [-0.1, -0.05) is 29.4 Å². The summed E-state index contributed by atoms with van der Waals surface area (Å²) in [6, 6.07) is 17.1. The zero-order valence-electron chi connectivity index (χ0n) is 17.7. The highest BCUT2D eigenvalue weighted by atomic mass is 16.5. The smallest absolute Gasteiger partial charge is 0.309 e. The number of fused-ring (bicyclic) bond motifs is 1. The van der Waals surface area contributed by atoms with Crippen molar-refractivity contribution >= 4 is 11.7 Å². The summed E-state index contributed by atoms with van der Waals surface area (Å²) >= 11 is 0. The van der Waals surface area contributed by atoms with E-state index in [1.165, 1.54) is 0 Å². The van der Waals surface area contributed by atoms with Crippen molar-refractivity contribution in [1.82, 2.24) is 19.3 Å². The highest BCUT2D eigenvalue weighted by Crippen LogP contribution is 2.35. The van der Waals surface area contributed by atoms with Crippen molar-refractivity contribution < 1.29 is 9.32 Å². The molecule has 164 valence electrons. The van der Waals surface area contributed by atoms with Crippen LogP contribution < -0.4 is 11.1 Å². The van der Waals surface area contributed by atoms with Crippen LogP contribution in [0.2, 0.25) is 0 Å². The molecule has 0 saturated carbocycles. The minimum absolute atomic E-state index is 0.161. The molecule has 0 radical (unpaired) electrons. The second-order valence-electron chi connectivity index (χ2n) is 7.76. The number of carbonyl (C=O) groups is 1. The number of benzene rings is 1. The summed E-state index contributed by atoms with van der Waals surface area (Å²) < 4.78 is 7.86. The third-order valence-corrected chi connectivity index (χ3v) is 5.74. The number of aromatic nitrogens is 4. The summed E-state index contributed by atoms with van der Waals surface area (Å²) in [4.78, 5) is 29.5. The maximum Gasteiger partial charge on any atom is 0.442 e. The van der Waals surface area contributed by atoms with Crippen LogP contribution in [0.15, 0.2) is 64.0 Å². The maximum atomic E-state index is 13.1. The first-order valence-electron chi connectivity index (χ1n) is 10.7. The highest BCUT2D eigenvalue weighted by molar-refractivity contribution is 5.92. The van der Waals surface area contributed by atoms with Crippen LogP contribution >= 0.6 is 0 Å². The second kappa shape index (κ2) is 8.59. The number of pyridine rings is 1. The number of rotatable bonds is 5. The molecule has 33 heavy (non-hydrogen) atoms. The molecule has 1 amide bonds. The van der Waals surface area contributed by atoms with Crippen LogP contribution in [-0.2, 0) is 24.2 Å². The number of hydrogen-bond donors (Lipinski definition) is 1. The lowest BCUT2D eigenvalue weighted by molar-refractivity contribution is -0.116. The van der Waals surface area contributed by atoms with Gasteiger partial charge in [0, 0.05) is 17.6 Å². The van der Waals surface area contributed by atoms with Gasteiger partial charge in [0.2, 0.25) is 11.7 Å². The normalized spacial score (nSPS) is 12.7. The van der Waals surface area contributed by atoms with Crippen LogP contribution in [0, 0.1) is 11.3 Å². The van der Waals surface area contributed by atoms with Gasteiger partial charge in [-0.15, -0.1) is 0 Å². The summed E-state index contributed by atoms with van der Waals surface area (Å²) in [5, 5.41) is 16.6. The number of anilines is 1. The Morgan fingerprint density at radius 3 is 2.67 bits per heavy atom. The molecule has 1 N–H and O–H groups in total. The Kier molecular flexibility index (Phi) is 5.32. The summed E-state index contributed by atoms with van der Waals surface area (Å²) in [6.45, 7) is -0.330. The van der Waals surface area contributed by atoms with Gasteiger partial charge in [-0.2, -0.15) is 5.26 Å². The fraction of sp³-hybridized carbons (Fsp3) is 0.208. The van der Waals surface area contributed by atoms with Crippen molar-refractivity contribution in [3.8, 4) is 23.3 Å². The lowest BCUT2D eigenvalue weighted by atomic mass is 9.95. The summed E-state index contributed by atoms with van der Waals surface area (Å²) in [6.07, 6.45) is 5.19. The van der Waals surface area contributed by atoms with Crippen molar-refractivity contribution in [2.75, 3.05) is 5.32 Å². The number of nitriles is 1. The van der Waals surface area contributed by atoms with Crippen LogP contribution in [0.25, 0.3) is 17.2 Å². The average Bonchev–Trinajstić information content (AvgIpc) is 3.37. The van der Waals surface area contributed by atoms with E-state index in [1.807, 2.05) is 34.9 Å². The fourth-order valence-corrected chi connectivity index (χ4v) is 4.30. The van der Waals surface area contributed by atoms with Gasteiger partial charge >= 0.3 is 5.76 Å². The van der Waals surface area contributed by atoms with E-state index in [0.29, 0.717) is 17.1 Å². The van der Waals surface area contributed by atoms with E-state index in [2.05, 4.69) is 21.5 Å². The predicted molar refractivity (Wildman–Crippen MR) is 120 cm³/mol. The van der Waals surface area contributed by atoms with E-state index in [4.69, 9.17) is 4.52 Å². The van der Waals surface area contributed by atoms with Crippen molar-refractivity contribution in [3.63, 3.8) is 0 Å². The van der Waals surface area contributed by atoms with E-state index in [1.54, 1.807) is 24.4 Å². The number of para-hydroxylation sites is 1. The maximum absolute atomic E-state index is 13.1. The molecule has 0 saturated heterocycles. The van der Waals surface area contributed by atoms with Crippen LogP contribution in [0.1, 0.15) is 29.7 Å². The Morgan fingerprint density at radius 1 is 1.12 bits per heavy atom. The number of carbonyl (C=O) groups excluding carboxylic acids is 1. The van der Waals surface area contributed by atoms with Gasteiger partial charge in [-0.05, 0) is 55.5 Å². The molecule has 3 heterocycles. The third-order valence-electron chi connectivity index (χ3n) is 5.74. The molecule has 0 atom stereocenters.